The molecule has 0 atom stereocenters. The lowest BCUT2D eigenvalue weighted by Gasteiger charge is -2.26. The quantitative estimate of drug-likeness (QED) is 0.632. The van der Waals surface area contributed by atoms with Gasteiger partial charge in [0.1, 0.15) is 11.3 Å². The Kier molecular flexibility index (Phi) is 6.13. The SMILES string of the molecule is CN=C(NCCc1cc2ccccc2o1)NCCN1CCCCC1. The largest absolute Gasteiger partial charge is 0.461 e. The minimum atomic E-state index is 0.809. The zero-order valence-electron chi connectivity index (χ0n) is 14.6. The second-order valence-corrected chi connectivity index (χ2v) is 6.33. The lowest BCUT2D eigenvalue weighted by atomic mass is 10.1. The first-order valence-electron chi connectivity index (χ1n) is 8.99. The highest BCUT2D eigenvalue weighted by Crippen LogP contribution is 2.18. The van der Waals surface area contributed by atoms with Crippen LogP contribution in [0.15, 0.2) is 39.7 Å². The Bertz CT molecular complexity index is 625. The van der Waals surface area contributed by atoms with Crippen LogP contribution >= 0.6 is 0 Å². The second kappa shape index (κ2) is 8.73. The molecule has 1 fully saturated rings. The fourth-order valence-electron chi connectivity index (χ4n) is 3.20. The van der Waals surface area contributed by atoms with Gasteiger partial charge in [0.2, 0.25) is 0 Å². The third-order valence-corrected chi connectivity index (χ3v) is 4.53. The van der Waals surface area contributed by atoms with Crippen LogP contribution in [0, 0.1) is 0 Å². The van der Waals surface area contributed by atoms with E-state index in [1.165, 1.54) is 32.4 Å². The number of nitrogens with zero attached hydrogens (tertiary/aromatic N) is 2. The van der Waals surface area contributed by atoms with E-state index in [1.807, 2.05) is 25.2 Å². The molecule has 1 aliphatic rings. The van der Waals surface area contributed by atoms with Crippen molar-refractivity contribution in [1.29, 1.82) is 0 Å². The molecule has 2 N–H and O–H groups in total. The van der Waals surface area contributed by atoms with Gasteiger partial charge in [0, 0.05) is 38.5 Å². The van der Waals surface area contributed by atoms with E-state index < -0.39 is 0 Å². The van der Waals surface area contributed by atoms with E-state index >= 15 is 0 Å². The van der Waals surface area contributed by atoms with Gasteiger partial charge in [-0.25, -0.2) is 0 Å². The Hall–Kier alpha value is -2.01. The van der Waals surface area contributed by atoms with E-state index in [2.05, 4.69) is 32.7 Å². The van der Waals surface area contributed by atoms with Crippen LogP contribution in [-0.4, -0.2) is 50.6 Å². The highest BCUT2D eigenvalue weighted by Gasteiger charge is 2.09. The fourth-order valence-corrected chi connectivity index (χ4v) is 3.20. The highest BCUT2D eigenvalue weighted by atomic mass is 16.3. The van der Waals surface area contributed by atoms with Gasteiger partial charge in [0.15, 0.2) is 5.96 Å². The van der Waals surface area contributed by atoms with Crippen molar-refractivity contribution in [2.75, 3.05) is 39.8 Å². The Morgan fingerprint density at radius 1 is 1.12 bits per heavy atom. The molecule has 0 saturated carbocycles. The maximum absolute atomic E-state index is 5.84. The molecule has 0 spiro atoms. The Morgan fingerprint density at radius 2 is 1.92 bits per heavy atom. The lowest BCUT2D eigenvalue weighted by molar-refractivity contribution is 0.232. The Labute approximate surface area is 144 Å². The summed E-state index contributed by atoms with van der Waals surface area (Å²) < 4.78 is 5.84. The molecule has 2 aromatic rings. The zero-order valence-corrected chi connectivity index (χ0v) is 14.6. The Morgan fingerprint density at radius 3 is 2.71 bits per heavy atom. The van der Waals surface area contributed by atoms with E-state index in [1.54, 1.807) is 0 Å². The lowest BCUT2D eigenvalue weighted by Crippen LogP contribution is -2.43. The maximum Gasteiger partial charge on any atom is 0.191 e. The summed E-state index contributed by atoms with van der Waals surface area (Å²) >= 11 is 0. The minimum absolute atomic E-state index is 0.809. The smallest absolute Gasteiger partial charge is 0.191 e. The number of para-hydroxylation sites is 1. The molecule has 1 saturated heterocycles. The van der Waals surface area contributed by atoms with Crippen molar-refractivity contribution in [3.63, 3.8) is 0 Å². The molecular weight excluding hydrogens is 300 g/mol. The predicted molar refractivity (Wildman–Crippen MR) is 99.6 cm³/mol. The monoisotopic (exact) mass is 328 g/mol. The zero-order chi connectivity index (χ0) is 16.6. The third-order valence-electron chi connectivity index (χ3n) is 4.53. The van der Waals surface area contributed by atoms with Crippen molar-refractivity contribution in [3.05, 3.63) is 36.1 Å². The molecule has 0 radical (unpaired) electrons. The van der Waals surface area contributed by atoms with Gasteiger partial charge in [-0.3, -0.25) is 4.99 Å². The third kappa shape index (κ3) is 4.74. The van der Waals surface area contributed by atoms with Crippen LogP contribution in [0.5, 0.6) is 0 Å². The molecule has 1 aromatic carbocycles. The van der Waals surface area contributed by atoms with E-state index in [-0.39, 0.29) is 0 Å². The summed E-state index contributed by atoms with van der Waals surface area (Å²) in [4.78, 5) is 6.82. The van der Waals surface area contributed by atoms with Gasteiger partial charge >= 0.3 is 0 Å². The average Bonchev–Trinajstić information content (AvgIpc) is 3.04. The van der Waals surface area contributed by atoms with Crippen LogP contribution in [0.3, 0.4) is 0 Å². The first kappa shape index (κ1) is 16.8. The molecule has 0 bridgehead atoms. The normalized spacial score (nSPS) is 16.5. The molecule has 0 amide bonds. The molecule has 0 aliphatic carbocycles. The van der Waals surface area contributed by atoms with Gasteiger partial charge in [0.05, 0.1) is 0 Å². The molecule has 1 aromatic heterocycles. The number of rotatable bonds is 6. The van der Waals surface area contributed by atoms with E-state index in [0.29, 0.717) is 0 Å². The van der Waals surface area contributed by atoms with Gasteiger partial charge < -0.3 is 20.0 Å². The molecule has 24 heavy (non-hydrogen) atoms. The molecule has 130 valence electrons. The highest BCUT2D eigenvalue weighted by molar-refractivity contribution is 5.79. The van der Waals surface area contributed by atoms with Crippen molar-refractivity contribution in [3.8, 4) is 0 Å². The summed E-state index contributed by atoms with van der Waals surface area (Å²) in [6.07, 6.45) is 4.91. The molecule has 5 heteroatoms. The molecule has 2 heterocycles. The Balaban J connectivity index is 1.37. The first-order valence-corrected chi connectivity index (χ1v) is 8.99. The van der Waals surface area contributed by atoms with Crippen molar-refractivity contribution in [2.24, 2.45) is 4.99 Å². The number of benzene rings is 1. The van der Waals surface area contributed by atoms with Crippen molar-refractivity contribution >= 4 is 16.9 Å². The van der Waals surface area contributed by atoms with Gasteiger partial charge in [-0.2, -0.15) is 0 Å². The van der Waals surface area contributed by atoms with Crippen molar-refractivity contribution < 1.29 is 4.42 Å². The summed E-state index contributed by atoms with van der Waals surface area (Å²) in [5.74, 6) is 1.87. The van der Waals surface area contributed by atoms with Crippen LogP contribution in [0.4, 0.5) is 0 Å². The molecule has 5 nitrogen and oxygen atoms in total. The second-order valence-electron chi connectivity index (χ2n) is 6.33. The summed E-state index contributed by atoms with van der Waals surface area (Å²) in [7, 11) is 1.82. The topological polar surface area (TPSA) is 52.8 Å². The number of guanidine groups is 1. The van der Waals surface area contributed by atoms with E-state index in [0.717, 1.165) is 48.7 Å². The maximum atomic E-state index is 5.84. The number of hydrogen-bond acceptors (Lipinski definition) is 3. The minimum Gasteiger partial charge on any atom is -0.461 e. The molecule has 1 aliphatic heterocycles. The van der Waals surface area contributed by atoms with Crippen molar-refractivity contribution in [1.82, 2.24) is 15.5 Å². The van der Waals surface area contributed by atoms with E-state index in [9.17, 15) is 0 Å². The number of hydrogen-bond donors (Lipinski definition) is 2. The standard InChI is InChI=1S/C19H28N4O/c1-20-19(22-11-14-23-12-5-2-6-13-23)21-10-9-17-15-16-7-3-4-8-18(16)24-17/h3-4,7-8,15H,2,5-6,9-14H2,1H3,(H2,20,21,22). The van der Waals surface area contributed by atoms with Crippen LogP contribution in [-0.2, 0) is 6.42 Å². The first-order chi connectivity index (χ1) is 11.8. The van der Waals surface area contributed by atoms with Gasteiger partial charge in [-0.1, -0.05) is 24.6 Å². The summed E-state index contributed by atoms with van der Waals surface area (Å²) in [5.41, 5.74) is 0.955. The summed E-state index contributed by atoms with van der Waals surface area (Å²) in [6.45, 7) is 5.30. The average molecular weight is 328 g/mol. The van der Waals surface area contributed by atoms with Gasteiger partial charge in [-0.05, 0) is 38.1 Å². The summed E-state index contributed by atoms with van der Waals surface area (Å²) in [6, 6.07) is 10.2. The van der Waals surface area contributed by atoms with Gasteiger partial charge in [0.25, 0.3) is 0 Å². The molecule has 3 rings (SSSR count). The fraction of sp³-hybridized carbons (Fsp3) is 0.526. The number of nitrogens with one attached hydrogen (secondary N) is 2. The number of piperidine rings is 1. The number of furan rings is 1. The predicted octanol–water partition coefficient (Wildman–Crippen LogP) is 2.63. The number of aliphatic imine (C=N–C) groups is 1. The molecule has 0 unspecified atom stereocenters. The van der Waals surface area contributed by atoms with Crippen LogP contribution in [0.2, 0.25) is 0 Å². The molecular formula is C19H28N4O. The van der Waals surface area contributed by atoms with E-state index in [4.69, 9.17) is 4.42 Å². The van der Waals surface area contributed by atoms with Crippen LogP contribution < -0.4 is 10.6 Å². The van der Waals surface area contributed by atoms with Crippen LogP contribution in [0.25, 0.3) is 11.0 Å². The van der Waals surface area contributed by atoms with Crippen LogP contribution in [0.1, 0.15) is 25.0 Å². The van der Waals surface area contributed by atoms with Crippen molar-refractivity contribution in [2.45, 2.75) is 25.7 Å². The summed E-state index contributed by atoms with van der Waals surface area (Å²) in [5, 5.41) is 7.92. The number of fused-ring (bicyclic) bond motifs is 1. The number of likely N-dealkylation sites (tertiary alicyclic amines) is 1. The van der Waals surface area contributed by atoms with Gasteiger partial charge in [-0.15, -0.1) is 0 Å².